The number of hydrogen-bond donors (Lipinski definition) is 2. The minimum Gasteiger partial charge on any atom is -0.338 e. The molecule has 0 amide bonds. The largest absolute Gasteiger partial charge is 0.338 e. The summed E-state index contributed by atoms with van der Waals surface area (Å²) in [6.07, 6.45) is 4.99. The van der Waals surface area contributed by atoms with E-state index in [-0.39, 0.29) is 6.04 Å². The van der Waals surface area contributed by atoms with Crippen LogP contribution < -0.4 is 10.6 Å². The zero-order valence-electron chi connectivity index (χ0n) is 11.5. The van der Waals surface area contributed by atoms with Crippen molar-refractivity contribution in [2.24, 2.45) is 11.7 Å². The molecule has 2 fully saturated rings. The molecule has 2 saturated heterocycles. The van der Waals surface area contributed by atoms with E-state index in [1.165, 1.54) is 25.0 Å². The first-order valence-corrected chi connectivity index (χ1v) is 8.33. The molecule has 106 valence electrons. The van der Waals surface area contributed by atoms with E-state index in [0.29, 0.717) is 11.2 Å². The topological polar surface area (TPSA) is 70.8 Å². The van der Waals surface area contributed by atoms with E-state index < -0.39 is 0 Å². The van der Waals surface area contributed by atoms with Crippen molar-refractivity contribution in [2.75, 3.05) is 23.7 Å². The monoisotopic (exact) mass is 281 g/mol. The van der Waals surface area contributed by atoms with E-state index in [1.54, 1.807) is 0 Å². The fraction of sp³-hybridized carbons (Fsp3) is 0.846. The van der Waals surface area contributed by atoms with Crippen LogP contribution in [0, 0.1) is 5.92 Å². The standard InChI is InChI=1S/C13H23N5S/c1-9-5-6-18(8-10(9)14)13-15-12(16-17-13)11-4-2-3-7-19-11/h9-11H,2-8,14H2,1H3,(H,15,16,17). The highest BCUT2D eigenvalue weighted by Crippen LogP contribution is 2.37. The number of nitrogens with one attached hydrogen (secondary N) is 1. The molecule has 1 aromatic heterocycles. The number of anilines is 1. The summed E-state index contributed by atoms with van der Waals surface area (Å²) >= 11 is 2.00. The minimum atomic E-state index is 0.236. The molecule has 0 saturated carbocycles. The van der Waals surface area contributed by atoms with E-state index in [9.17, 15) is 0 Å². The summed E-state index contributed by atoms with van der Waals surface area (Å²) in [5, 5.41) is 8.04. The molecular formula is C13H23N5S. The third kappa shape index (κ3) is 2.89. The number of thioether (sulfide) groups is 1. The molecular weight excluding hydrogens is 258 g/mol. The zero-order valence-corrected chi connectivity index (χ0v) is 12.3. The van der Waals surface area contributed by atoms with E-state index in [2.05, 4.69) is 22.0 Å². The van der Waals surface area contributed by atoms with Gasteiger partial charge in [-0.25, -0.2) is 0 Å². The smallest absolute Gasteiger partial charge is 0.244 e. The maximum atomic E-state index is 6.14. The first-order chi connectivity index (χ1) is 9.24. The number of nitrogens with zero attached hydrogens (tertiary/aromatic N) is 3. The van der Waals surface area contributed by atoms with Gasteiger partial charge in [-0.1, -0.05) is 13.3 Å². The molecule has 2 aliphatic heterocycles. The first-order valence-electron chi connectivity index (χ1n) is 7.28. The highest BCUT2D eigenvalue weighted by molar-refractivity contribution is 7.99. The van der Waals surface area contributed by atoms with Crippen LogP contribution in [0.2, 0.25) is 0 Å². The van der Waals surface area contributed by atoms with Crippen LogP contribution in [0.1, 0.15) is 43.7 Å². The Balaban J connectivity index is 1.67. The Morgan fingerprint density at radius 2 is 2.26 bits per heavy atom. The van der Waals surface area contributed by atoms with Gasteiger partial charge in [0.25, 0.3) is 0 Å². The van der Waals surface area contributed by atoms with Gasteiger partial charge in [0.1, 0.15) is 5.82 Å². The number of hydrogen-bond acceptors (Lipinski definition) is 5. The lowest BCUT2D eigenvalue weighted by Gasteiger charge is -2.34. The lowest BCUT2D eigenvalue weighted by atomic mass is 9.95. The summed E-state index contributed by atoms with van der Waals surface area (Å²) in [5.74, 6) is 3.73. The molecule has 1 aromatic rings. The number of aromatic amines is 1. The highest BCUT2D eigenvalue weighted by Gasteiger charge is 2.26. The van der Waals surface area contributed by atoms with E-state index in [0.717, 1.165) is 31.3 Å². The average Bonchev–Trinajstić information content (AvgIpc) is 2.93. The number of rotatable bonds is 2. The number of H-pyrrole nitrogens is 1. The van der Waals surface area contributed by atoms with Gasteiger partial charge >= 0.3 is 0 Å². The van der Waals surface area contributed by atoms with Crippen molar-refractivity contribution < 1.29 is 0 Å². The molecule has 19 heavy (non-hydrogen) atoms. The maximum absolute atomic E-state index is 6.14. The summed E-state index contributed by atoms with van der Waals surface area (Å²) in [5.41, 5.74) is 6.14. The Labute approximate surface area is 118 Å². The third-order valence-corrected chi connectivity index (χ3v) is 5.66. The van der Waals surface area contributed by atoms with E-state index in [4.69, 9.17) is 10.7 Å². The number of piperidine rings is 1. The van der Waals surface area contributed by atoms with Crippen LogP contribution in [-0.4, -0.2) is 40.1 Å². The predicted molar refractivity (Wildman–Crippen MR) is 79.4 cm³/mol. The molecule has 6 heteroatoms. The molecule has 0 aliphatic carbocycles. The third-order valence-electron chi connectivity index (χ3n) is 4.27. The molecule has 0 bridgehead atoms. The normalized spacial score (nSPS) is 32.5. The number of nitrogens with two attached hydrogens (primary N) is 1. The Hall–Kier alpha value is -0.750. The van der Waals surface area contributed by atoms with Gasteiger partial charge in [-0.2, -0.15) is 16.7 Å². The number of aromatic nitrogens is 3. The van der Waals surface area contributed by atoms with E-state index in [1.807, 2.05) is 11.8 Å². The lowest BCUT2D eigenvalue weighted by Crippen LogP contribution is -2.48. The van der Waals surface area contributed by atoms with Gasteiger partial charge in [0.05, 0.1) is 5.25 Å². The zero-order chi connectivity index (χ0) is 13.2. The maximum Gasteiger partial charge on any atom is 0.244 e. The van der Waals surface area contributed by atoms with Crippen LogP contribution >= 0.6 is 11.8 Å². The fourth-order valence-corrected chi connectivity index (χ4v) is 4.04. The molecule has 5 nitrogen and oxygen atoms in total. The van der Waals surface area contributed by atoms with Crippen LogP contribution in [0.15, 0.2) is 0 Å². The van der Waals surface area contributed by atoms with Gasteiger partial charge in [-0.05, 0) is 30.9 Å². The Morgan fingerprint density at radius 1 is 1.37 bits per heavy atom. The predicted octanol–water partition coefficient (Wildman–Crippen LogP) is 1.94. The average molecular weight is 281 g/mol. The van der Waals surface area contributed by atoms with Crippen molar-refractivity contribution in [3.8, 4) is 0 Å². The van der Waals surface area contributed by atoms with Crippen molar-refractivity contribution in [1.82, 2.24) is 15.2 Å². The van der Waals surface area contributed by atoms with Crippen LogP contribution in [0.4, 0.5) is 5.95 Å². The molecule has 3 atom stereocenters. The van der Waals surface area contributed by atoms with Gasteiger partial charge < -0.3 is 10.6 Å². The van der Waals surface area contributed by atoms with Gasteiger partial charge in [-0.3, -0.25) is 5.10 Å². The Kier molecular flexibility index (Phi) is 3.98. The fourth-order valence-electron chi connectivity index (χ4n) is 2.79. The Bertz CT molecular complexity index is 415. The SMILES string of the molecule is CC1CCN(c2n[nH]c(C3CCCCS3)n2)CC1N. The molecule has 0 aromatic carbocycles. The molecule has 2 aliphatic rings. The van der Waals surface area contributed by atoms with E-state index >= 15 is 0 Å². The highest BCUT2D eigenvalue weighted by atomic mass is 32.2. The Morgan fingerprint density at radius 3 is 3.00 bits per heavy atom. The van der Waals surface area contributed by atoms with Crippen LogP contribution in [0.5, 0.6) is 0 Å². The van der Waals surface area contributed by atoms with Gasteiger partial charge in [0.15, 0.2) is 0 Å². The minimum absolute atomic E-state index is 0.236. The summed E-state index contributed by atoms with van der Waals surface area (Å²) in [6, 6.07) is 0.236. The van der Waals surface area contributed by atoms with Gasteiger partial charge in [0.2, 0.25) is 5.95 Å². The van der Waals surface area contributed by atoms with Crippen molar-refractivity contribution in [3.63, 3.8) is 0 Å². The van der Waals surface area contributed by atoms with Crippen LogP contribution in [0.25, 0.3) is 0 Å². The molecule has 3 heterocycles. The summed E-state index contributed by atoms with van der Waals surface area (Å²) in [7, 11) is 0. The molecule has 0 radical (unpaired) electrons. The molecule has 3 N–H and O–H groups in total. The van der Waals surface area contributed by atoms with Crippen molar-refractivity contribution in [3.05, 3.63) is 5.82 Å². The van der Waals surface area contributed by atoms with Gasteiger partial charge in [0, 0.05) is 19.1 Å². The van der Waals surface area contributed by atoms with Crippen molar-refractivity contribution in [2.45, 2.75) is 43.9 Å². The van der Waals surface area contributed by atoms with Crippen LogP contribution in [0.3, 0.4) is 0 Å². The van der Waals surface area contributed by atoms with Crippen molar-refractivity contribution >= 4 is 17.7 Å². The van der Waals surface area contributed by atoms with Crippen LogP contribution in [-0.2, 0) is 0 Å². The molecule has 3 unspecified atom stereocenters. The molecule has 3 rings (SSSR count). The van der Waals surface area contributed by atoms with Crippen molar-refractivity contribution in [1.29, 1.82) is 0 Å². The second kappa shape index (κ2) is 5.71. The summed E-state index contributed by atoms with van der Waals surface area (Å²) in [4.78, 5) is 6.92. The second-order valence-electron chi connectivity index (χ2n) is 5.75. The lowest BCUT2D eigenvalue weighted by molar-refractivity contribution is 0.376. The summed E-state index contributed by atoms with van der Waals surface area (Å²) < 4.78 is 0. The first kappa shape index (κ1) is 13.2. The van der Waals surface area contributed by atoms with Gasteiger partial charge in [-0.15, -0.1) is 5.10 Å². The summed E-state index contributed by atoms with van der Waals surface area (Å²) in [6.45, 7) is 4.12. The second-order valence-corrected chi connectivity index (χ2v) is 7.06. The quantitative estimate of drug-likeness (QED) is 0.867. The molecule has 0 spiro atoms.